The van der Waals surface area contributed by atoms with Gasteiger partial charge in [0.25, 0.3) is 0 Å². The normalized spacial score (nSPS) is 17.9. The van der Waals surface area contributed by atoms with Gasteiger partial charge in [-0.25, -0.2) is 0 Å². The van der Waals surface area contributed by atoms with Crippen molar-refractivity contribution >= 4 is 5.97 Å². The van der Waals surface area contributed by atoms with Gasteiger partial charge in [0.1, 0.15) is 6.61 Å². The van der Waals surface area contributed by atoms with E-state index < -0.39 is 12.1 Å². The Morgan fingerprint density at radius 1 is 1.53 bits per heavy atom. The molecule has 0 N–H and O–H groups in total. The maximum atomic E-state index is 10.5. The van der Waals surface area contributed by atoms with Crippen molar-refractivity contribution in [1.82, 2.24) is 0 Å². The number of hydrogen-bond acceptors (Lipinski definition) is 5. The van der Waals surface area contributed by atoms with Gasteiger partial charge in [0.2, 0.25) is 0 Å². The van der Waals surface area contributed by atoms with E-state index in [4.69, 9.17) is 14.7 Å². The number of fused-ring (bicyclic) bond motifs is 1. The fourth-order valence-corrected chi connectivity index (χ4v) is 1.26. The van der Waals surface area contributed by atoms with Crippen LogP contribution in [0.4, 0.5) is 0 Å². The molecule has 1 unspecified atom stereocenters. The minimum Gasteiger partial charge on any atom is -0.546 e. The Labute approximate surface area is 85.5 Å². The highest BCUT2D eigenvalue weighted by molar-refractivity contribution is 5.71. The fraction of sp³-hybridized carbons (Fsp3) is 0.200. The summed E-state index contributed by atoms with van der Waals surface area (Å²) in [6, 6.07) is 6.50. The van der Waals surface area contributed by atoms with Crippen molar-refractivity contribution in [2.75, 3.05) is 6.61 Å². The van der Waals surface area contributed by atoms with E-state index in [-0.39, 0.29) is 12.4 Å². The van der Waals surface area contributed by atoms with Crippen molar-refractivity contribution < 1.29 is 19.4 Å². The highest BCUT2D eigenvalue weighted by Crippen LogP contribution is 2.32. The third kappa shape index (κ3) is 1.70. The Balaban J connectivity index is 2.32. The molecule has 0 fully saturated rings. The maximum absolute atomic E-state index is 10.5. The van der Waals surface area contributed by atoms with Crippen LogP contribution in [-0.2, 0) is 4.79 Å². The largest absolute Gasteiger partial charge is 0.546 e. The summed E-state index contributed by atoms with van der Waals surface area (Å²) in [5.41, 5.74) is 0.386. The summed E-state index contributed by atoms with van der Waals surface area (Å²) in [6.07, 6.45) is -1.12. The quantitative estimate of drug-likeness (QED) is 0.612. The summed E-state index contributed by atoms with van der Waals surface area (Å²) in [5, 5.41) is 19.2. The number of benzene rings is 1. The molecule has 1 aliphatic heterocycles. The van der Waals surface area contributed by atoms with E-state index in [0.29, 0.717) is 11.3 Å². The summed E-state index contributed by atoms with van der Waals surface area (Å²) >= 11 is 0. The van der Waals surface area contributed by atoms with E-state index in [0.717, 1.165) is 0 Å². The number of ether oxygens (including phenoxy) is 2. The second-order valence-electron chi connectivity index (χ2n) is 3.01. The molecule has 0 spiro atoms. The van der Waals surface area contributed by atoms with Crippen LogP contribution >= 0.6 is 0 Å². The van der Waals surface area contributed by atoms with Crippen LogP contribution in [0, 0.1) is 11.3 Å². The van der Waals surface area contributed by atoms with Crippen LogP contribution in [0.3, 0.4) is 0 Å². The van der Waals surface area contributed by atoms with Crippen molar-refractivity contribution in [3.63, 3.8) is 0 Å². The fourth-order valence-electron chi connectivity index (χ4n) is 1.26. The van der Waals surface area contributed by atoms with Crippen LogP contribution in [0.5, 0.6) is 11.5 Å². The summed E-state index contributed by atoms with van der Waals surface area (Å²) in [6.45, 7) is -0.0821. The van der Waals surface area contributed by atoms with Crippen molar-refractivity contribution in [3.05, 3.63) is 23.8 Å². The minimum atomic E-state index is -1.33. The number of aliphatic carboxylic acids is 1. The van der Waals surface area contributed by atoms with Gasteiger partial charge in [0, 0.05) is 6.07 Å². The Morgan fingerprint density at radius 2 is 2.33 bits per heavy atom. The zero-order chi connectivity index (χ0) is 10.8. The number of hydrogen-bond donors (Lipinski definition) is 0. The van der Waals surface area contributed by atoms with Gasteiger partial charge < -0.3 is 19.4 Å². The van der Waals surface area contributed by atoms with E-state index >= 15 is 0 Å². The molecule has 0 saturated carbocycles. The monoisotopic (exact) mass is 204 g/mol. The van der Waals surface area contributed by atoms with Crippen LogP contribution in [0.1, 0.15) is 5.56 Å². The lowest BCUT2D eigenvalue weighted by atomic mass is 10.2. The molecule has 76 valence electrons. The van der Waals surface area contributed by atoms with Gasteiger partial charge in [0.15, 0.2) is 17.6 Å². The number of carboxylic acid groups (broad SMARTS) is 1. The first-order valence-electron chi connectivity index (χ1n) is 4.25. The number of carboxylic acids is 1. The Kier molecular flexibility index (Phi) is 2.18. The van der Waals surface area contributed by atoms with Crippen LogP contribution in [-0.4, -0.2) is 18.7 Å². The third-order valence-corrected chi connectivity index (χ3v) is 2.00. The summed E-state index contributed by atoms with van der Waals surface area (Å²) in [5.74, 6) is -0.635. The van der Waals surface area contributed by atoms with Gasteiger partial charge in [-0.05, 0) is 12.1 Å². The molecule has 1 aromatic carbocycles. The molecule has 0 aromatic heterocycles. The van der Waals surface area contributed by atoms with Gasteiger partial charge in [-0.1, -0.05) is 0 Å². The highest BCUT2D eigenvalue weighted by atomic mass is 16.6. The number of nitrogens with zero attached hydrogens (tertiary/aromatic N) is 1. The topological polar surface area (TPSA) is 82.4 Å². The molecule has 0 aliphatic carbocycles. The number of carbonyl (C=O) groups excluding carboxylic acids is 1. The number of carbonyl (C=O) groups is 1. The Bertz CT molecular complexity index is 449. The van der Waals surface area contributed by atoms with E-state index in [1.54, 1.807) is 12.1 Å². The average Bonchev–Trinajstić information content (AvgIpc) is 2.27. The van der Waals surface area contributed by atoms with Crippen LogP contribution in [0.2, 0.25) is 0 Å². The first-order valence-corrected chi connectivity index (χ1v) is 4.25. The van der Waals surface area contributed by atoms with Crippen LogP contribution < -0.4 is 14.6 Å². The summed E-state index contributed by atoms with van der Waals surface area (Å²) in [4.78, 5) is 10.5. The zero-order valence-corrected chi connectivity index (χ0v) is 7.60. The maximum Gasteiger partial charge on any atom is 0.172 e. The first-order chi connectivity index (χ1) is 7.20. The minimum absolute atomic E-state index is 0.0821. The molecule has 15 heavy (non-hydrogen) atoms. The number of nitriles is 1. The predicted octanol–water partition coefficient (Wildman–Crippen LogP) is -0.552. The van der Waals surface area contributed by atoms with Gasteiger partial charge >= 0.3 is 0 Å². The van der Waals surface area contributed by atoms with Crippen LogP contribution in [0.25, 0.3) is 0 Å². The van der Waals surface area contributed by atoms with E-state index in [2.05, 4.69) is 0 Å². The second-order valence-corrected chi connectivity index (χ2v) is 3.01. The van der Waals surface area contributed by atoms with E-state index in [9.17, 15) is 9.90 Å². The Morgan fingerprint density at radius 3 is 3.00 bits per heavy atom. The lowest BCUT2D eigenvalue weighted by Crippen LogP contribution is -2.45. The first kappa shape index (κ1) is 9.34. The predicted molar refractivity (Wildman–Crippen MR) is 46.1 cm³/mol. The molecule has 5 heteroatoms. The summed E-state index contributed by atoms with van der Waals surface area (Å²) in [7, 11) is 0. The van der Waals surface area contributed by atoms with Crippen molar-refractivity contribution in [3.8, 4) is 17.6 Å². The molecular formula is C10H6NO4-. The second kappa shape index (κ2) is 3.50. The summed E-state index contributed by atoms with van der Waals surface area (Å²) < 4.78 is 10.2. The molecule has 1 atom stereocenters. The van der Waals surface area contributed by atoms with Crippen LogP contribution in [0.15, 0.2) is 18.2 Å². The van der Waals surface area contributed by atoms with Gasteiger partial charge in [-0.3, -0.25) is 0 Å². The molecule has 0 bridgehead atoms. The molecule has 0 saturated heterocycles. The molecule has 5 nitrogen and oxygen atoms in total. The Hall–Kier alpha value is -2.22. The molecule has 1 heterocycles. The standard InChI is InChI=1S/C10H7NO4/c11-4-6-1-2-7-8(3-6)15-9(5-14-7)10(12)13/h1-3,9H,5H2,(H,12,13)/p-1. The third-order valence-electron chi connectivity index (χ3n) is 2.00. The molecule has 1 aromatic rings. The van der Waals surface area contributed by atoms with E-state index in [1.807, 2.05) is 6.07 Å². The molecular weight excluding hydrogens is 198 g/mol. The molecule has 0 radical (unpaired) electrons. The number of rotatable bonds is 1. The van der Waals surface area contributed by atoms with E-state index in [1.165, 1.54) is 6.07 Å². The highest BCUT2D eigenvalue weighted by Gasteiger charge is 2.21. The van der Waals surface area contributed by atoms with Crippen molar-refractivity contribution in [1.29, 1.82) is 5.26 Å². The SMILES string of the molecule is N#Cc1ccc2c(c1)OC(C(=O)[O-])CO2. The smallest absolute Gasteiger partial charge is 0.172 e. The van der Waals surface area contributed by atoms with Crippen molar-refractivity contribution in [2.24, 2.45) is 0 Å². The molecule has 0 amide bonds. The van der Waals surface area contributed by atoms with Gasteiger partial charge in [-0.15, -0.1) is 0 Å². The van der Waals surface area contributed by atoms with Crippen molar-refractivity contribution in [2.45, 2.75) is 6.10 Å². The lowest BCUT2D eigenvalue weighted by molar-refractivity contribution is -0.315. The lowest BCUT2D eigenvalue weighted by Gasteiger charge is -2.26. The zero-order valence-electron chi connectivity index (χ0n) is 7.60. The average molecular weight is 204 g/mol. The molecule has 2 rings (SSSR count). The molecule has 1 aliphatic rings. The van der Waals surface area contributed by atoms with Gasteiger partial charge in [-0.2, -0.15) is 5.26 Å². The van der Waals surface area contributed by atoms with Gasteiger partial charge in [0.05, 0.1) is 17.6 Å².